The van der Waals surface area contributed by atoms with Crippen LogP contribution in [0.5, 0.6) is 0 Å². The van der Waals surface area contributed by atoms with Gasteiger partial charge in [0.25, 0.3) is 0 Å². The van der Waals surface area contributed by atoms with E-state index in [4.69, 9.17) is 0 Å². The van der Waals surface area contributed by atoms with Crippen molar-refractivity contribution in [3.63, 3.8) is 0 Å². The Hall–Kier alpha value is -0.120. The average Bonchev–Trinajstić information content (AvgIpc) is 2.57. The van der Waals surface area contributed by atoms with Crippen LogP contribution in [0.3, 0.4) is 0 Å². The van der Waals surface area contributed by atoms with Crippen molar-refractivity contribution < 1.29 is 5.11 Å². The van der Waals surface area contributed by atoms with Crippen molar-refractivity contribution in [1.29, 1.82) is 0 Å². The van der Waals surface area contributed by atoms with Gasteiger partial charge in [-0.3, -0.25) is 0 Å². The number of benzene rings is 1. The van der Waals surface area contributed by atoms with Crippen LogP contribution in [0.25, 0.3) is 0 Å². The molecule has 1 heterocycles. The molecule has 1 N–H and O–H groups in total. The monoisotopic (exact) mass is 284 g/mol. The minimum absolute atomic E-state index is 0.0414. The number of rotatable bonds is 1. The van der Waals surface area contributed by atoms with Crippen LogP contribution in [0.1, 0.15) is 50.5 Å². The Labute approximate surface area is 119 Å². The molecule has 1 fully saturated rings. The Morgan fingerprint density at radius 2 is 1.67 bits per heavy atom. The van der Waals surface area contributed by atoms with E-state index in [1.165, 1.54) is 17.5 Å². The first-order valence-corrected chi connectivity index (χ1v) is 8.72. The first-order chi connectivity index (χ1) is 8.42. The molecule has 18 heavy (non-hydrogen) atoms. The molecule has 102 valence electrons. The molecule has 1 aliphatic heterocycles. The highest BCUT2D eigenvalue weighted by atomic mass is 33.1. The van der Waals surface area contributed by atoms with Crippen molar-refractivity contribution in [1.82, 2.24) is 0 Å². The lowest BCUT2D eigenvalue weighted by atomic mass is 9.97. The molecule has 1 aromatic carbocycles. The molecule has 1 aliphatic rings. The van der Waals surface area contributed by atoms with Crippen LogP contribution in [0.2, 0.25) is 0 Å². The molecule has 2 rings (SSSR count). The minimum atomic E-state index is -0.268. The molecular weight excluding hydrogens is 260 g/mol. The van der Waals surface area contributed by atoms with Gasteiger partial charge in [0.15, 0.2) is 0 Å². The largest absolute Gasteiger partial charge is 0.390 e. The van der Waals surface area contributed by atoms with Gasteiger partial charge in [0, 0.05) is 4.75 Å². The second-order valence-corrected chi connectivity index (χ2v) is 8.26. The number of aliphatic hydroxyl groups excluding tert-OH is 1. The summed E-state index contributed by atoms with van der Waals surface area (Å²) in [4.78, 5) is 0. The quantitative estimate of drug-likeness (QED) is 0.734. The number of hydrogen-bond donors (Lipinski definition) is 1. The van der Waals surface area contributed by atoms with Crippen molar-refractivity contribution in [3.05, 3.63) is 35.4 Å². The van der Waals surface area contributed by atoms with Crippen molar-refractivity contribution in [2.45, 2.75) is 57.1 Å². The van der Waals surface area contributed by atoms with Crippen molar-refractivity contribution in [3.8, 4) is 0 Å². The Kier molecular flexibility index (Phi) is 6.09. The third-order valence-corrected chi connectivity index (χ3v) is 6.48. The lowest BCUT2D eigenvalue weighted by Crippen LogP contribution is -2.31. The molecular formula is C15H24OS2. The van der Waals surface area contributed by atoms with Crippen molar-refractivity contribution in [2.75, 3.05) is 0 Å². The fourth-order valence-electron chi connectivity index (χ4n) is 1.64. The van der Waals surface area contributed by atoms with Crippen LogP contribution < -0.4 is 0 Å². The van der Waals surface area contributed by atoms with Crippen molar-refractivity contribution in [2.24, 2.45) is 0 Å². The van der Waals surface area contributed by atoms with E-state index in [-0.39, 0.29) is 16.1 Å². The summed E-state index contributed by atoms with van der Waals surface area (Å²) >= 11 is 0. The third-order valence-electron chi connectivity index (χ3n) is 2.77. The molecule has 0 bridgehead atoms. The normalized spacial score (nSPS) is 25.4. The highest BCUT2D eigenvalue weighted by Gasteiger charge is 2.43. The minimum Gasteiger partial charge on any atom is -0.390 e. The van der Waals surface area contributed by atoms with Gasteiger partial charge in [-0.15, -0.1) is 0 Å². The van der Waals surface area contributed by atoms with Gasteiger partial charge in [-0.05, 0) is 26.3 Å². The van der Waals surface area contributed by atoms with E-state index in [0.717, 1.165) is 0 Å². The molecule has 0 radical (unpaired) electrons. The first kappa shape index (κ1) is 15.9. The van der Waals surface area contributed by atoms with Crippen LogP contribution in [0.4, 0.5) is 0 Å². The third kappa shape index (κ3) is 3.94. The maximum absolute atomic E-state index is 10.2. The predicted octanol–water partition coefficient (Wildman–Crippen LogP) is 4.99. The molecule has 3 heteroatoms. The van der Waals surface area contributed by atoms with Gasteiger partial charge in [0.05, 0.1) is 11.4 Å². The van der Waals surface area contributed by atoms with Gasteiger partial charge in [-0.1, -0.05) is 71.7 Å². The van der Waals surface area contributed by atoms with Gasteiger partial charge < -0.3 is 5.11 Å². The molecule has 0 spiro atoms. The smallest absolute Gasteiger partial charge is 0.0857 e. The van der Waals surface area contributed by atoms with E-state index in [1.54, 1.807) is 21.6 Å². The van der Waals surface area contributed by atoms with Crippen molar-refractivity contribution >= 4 is 21.6 Å². The van der Waals surface area contributed by atoms with Gasteiger partial charge in [-0.25, -0.2) is 0 Å². The SMILES string of the molecule is CCC.Cc1ccc([C@@H]2SSC(C)(C)[C@H]2O)cc1. The second-order valence-electron chi connectivity index (χ2n) is 5.27. The lowest BCUT2D eigenvalue weighted by Gasteiger charge is -2.23. The first-order valence-electron chi connectivity index (χ1n) is 6.51. The second kappa shape index (κ2) is 6.88. The van der Waals surface area contributed by atoms with Crippen LogP contribution in [-0.4, -0.2) is 16.0 Å². The number of aryl methyl sites for hydroxylation is 1. The Morgan fingerprint density at radius 3 is 2.06 bits per heavy atom. The van der Waals surface area contributed by atoms with E-state index in [0.29, 0.717) is 0 Å². The molecule has 0 unspecified atom stereocenters. The van der Waals surface area contributed by atoms with E-state index < -0.39 is 0 Å². The van der Waals surface area contributed by atoms with E-state index in [2.05, 4.69) is 58.9 Å². The van der Waals surface area contributed by atoms with Gasteiger partial charge >= 0.3 is 0 Å². The topological polar surface area (TPSA) is 20.2 Å². The molecule has 1 nitrogen and oxygen atoms in total. The summed E-state index contributed by atoms with van der Waals surface area (Å²) in [7, 11) is 3.56. The zero-order valence-corrected chi connectivity index (χ0v) is 13.6. The molecule has 2 atom stereocenters. The average molecular weight is 284 g/mol. The maximum Gasteiger partial charge on any atom is 0.0857 e. The van der Waals surface area contributed by atoms with Crippen LogP contribution in [-0.2, 0) is 0 Å². The van der Waals surface area contributed by atoms with Gasteiger partial charge in [0.1, 0.15) is 0 Å². The Balaban J connectivity index is 0.000000492. The Morgan fingerprint density at radius 1 is 1.17 bits per heavy atom. The molecule has 0 aliphatic carbocycles. The zero-order chi connectivity index (χ0) is 13.8. The number of hydrogen-bond acceptors (Lipinski definition) is 3. The Bertz CT molecular complexity index is 359. The molecule has 1 saturated heterocycles. The maximum atomic E-state index is 10.2. The summed E-state index contributed by atoms with van der Waals surface area (Å²) in [6.45, 7) is 10.5. The fraction of sp³-hybridized carbons (Fsp3) is 0.600. The fourth-order valence-corrected chi connectivity index (χ4v) is 5.02. The summed E-state index contributed by atoms with van der Waals surface area (Å²) in [5.41, 5.74) is 2.50. The molecule has 0 saturated carbocycles. The predicted molar refractivity (Wildman–Crippen MR) is 85.2 cm³/mol. The number of aliphatic hydroxyl groups is 1. The summed E-state index contributed by atoms with van der Waals surface area (Å²) in [6, 6.07) is 8.47. The summed E-state index contributed by atoms with van der Waals surface area (Å²) in [5.74, 6) is 0. The van der Waals surface area contributed by atoms with Crippen LogP contribution in [0.15, 0.2) is 24.3 Å². The van der Waals surface area contributed by atoms with Gasteiger partial charge in [-0.2, -0.15) is 0 Å². The van der Waals surface area contributed by atoms with Crippen LogP contribution in [0, 0.1) is 6.92 Å². The van der Waals surface area contributed by atoms with Crippen LogP contribution >= 0.6 is 21.6 Å². The summed E-state index contributed by atoms with van der Waals surface area (Å²) in [5, 5.41) is 10.4. The van der Waals surface area contributed by atoms with Gasteiger partial charge in [0.2, 0.25) is 0 Å². The molecule has 1 aromatic rings. The van der Waals surface area contributed by atoms with E-state index in [1.807, 2.05) is 0 Å². The zero-order valence-electron chi connectivity index (χ0n) is 11.9. The lowest BCUT2D eigenvalue weighted by molar-refractivity contribution is 0.143. The van der Waals surface area contributed by atoms with E-state index in [9.17, 15) is 5.11 Å². The summed E-state index contributed by atoms with van der Waals surface area (Å²) < 4.78 is -0.0414. The summed E-state index contributed by atoms with van der Waals surface area (Å²) in [6.07, 6.45) is 0.982. The molecule has 0 aromatic heterocycles. The highest BCUT2D eigenvalue weighted by Crippen LogP contribution is 2.57. The van der Waals surface area contributed by atoms with E-state index >= 15 is 0 Å². The highest BCUT2D eigenvalue weighted by molar-refractivity contribution is 8.77. The molecule has 0 amide bonds. The standard InChI is InChI=1S/C12H16OS2.C3H8/c1-8-4-6-9(7-5-8)10-11(13)12(2,3)15-14-10;1-3-2/h4-7,10-11,13H,1-3H3;3H2,1-2H3/t10-,11-;/m0./s1.